The van der Waals surface area contributed by atoms with E-state index in [1.165, 1.54) is 19.3 Å². The molecule has 1 aliphatic carbocycles. The van der Waals surface area contributed by atoms with Crippen molar-refractivity contribution in [1.29, 1.82) is 0 Å². The average Bonchev–Trinajstić information content (AvgIpc) is 2.26. The molecule has 0 bridgehead atoms. The Bertz CT molecular complexity index is 312. The smallest absolute Gasteiger partial charge is 0.221 e. The summed E-state index contributed by atoms with van der Waals surface area (Å²) in [6.45, 7) is 14.0. The van der Waals surface area contributed by atoms with Gasteiger partial charge in [0.1, 0.15) is 0 Å². The number of hydrogen-bond donors (Lipinski definition) is 2. The molecule has 20 heavy (non-hydrogen) atoms. The second-order valence-electron chi connectivity index (χ2n) is 8.36. The zero-order valence-corrected chi connectivity index (χ0v) is 14.3. The van der Waals surface area contributed by atoms with Crippen molar-refractivity contribution in [2.75, 3.05) is 6.54 Å². The minimum atomic E-state index is 0.0824. The summed E-state index contributed by atoms with van der Waals surface area (Å²) in [6.07, 6.45) is 5.51. The summed E-state index contributed by atoms with van der Waals surface area (Å²) in [4.78, 5) is 12.1. The summed E-state index contributed by atoms with van der Waals surface area (Å²) in [5, 5.41) is 6.65. The van der Waals surface area contributed by atoms with Gasteiger partial charge in [-0.15, -0.1) is 0 Å². The van der Waals surface area contributed by atoms with E-state index in [0.29, 0.717) is 18.4 Å². The standard InChI is InChI=1S/C17H34N2O/c1-16(2,3)13-9-7-8-10-14(13)19-15(20)11-12-18-17(4,5)6/h13-14,18H,7-12H2,1-6H3,(H,19,20). The fraction of sp³-hybridized carbons (Fsp3) is 0.941. The van der Waals surface area contributed by atoms with Crippen LogP contribution in [0.3, 0.4) is 0 Å². The quantitative estimate of drug-likeness (QED) is 0.829. The molecule has 1 rings (SSSR count). The third-order valence-electron chi connectivity index (χ3n) is 4.23. The molecule has 0 aromatic heterocycles. The Morgan fingerprint density at radius 2 is 1.65 bits per heavy atom. The first-order valence-corrected chi connectivity index (χ1v) is 8.14. The van der Waals surface area contributed by atoms with Gasteiger partial charge in [-0.2, -0.15) is 0 Å². The second-order valence-corrected chi connectivity index (χ2v) is 8.36. The van der Waals surface area contributed by atoms with E-state index in [-0.39, 0.29) is 16.9 Å². The Morgan fingerprint density at radius 3 is 2.20 bits per heavy atom. The van der Waals surface area contributed by atoms with E-state index in [1.807, 2.05) is 0 Å². The minimum Gasteiger partial charge on any atom is -0.353 e. The number of hydrogen-bond acceptors (Lipinski definition) is 2. The average molecular weight is 282 g/mol. The van der Waals surface area contributed by atoms with Crippen LogP contribution in [0.1, 0.15) is 73.6 Å². The van der Waals surface area contributed by atoms with Crippen LogP contribution in [0.5, 0.6) is 0 Å². The Labute approximate surface area is 125 Å². The normalized spacial score (nSPS) is 24.5. The third-order valence-corrected chi connectivity index (χ3v) is 4.23. The van der Waals surface area contributed by atoms with E-state index >= 15 is 0 Å². The Morgan fingerprint density at radius 1 is 1.05 bits per heavy atom. The van der Waals surface area contributed by atoms with Crippen molar-refractivity contribution in [2.24, 2.45) is 11.3 Å². The van der Waals surface area contributed by atoms with Gasteiger partial charge in [-0.1, -0.05) is 33.6 Å². The van der Waals surface area contributed by atoms with Crippen molar-refractivity contribution < 1.29 is 4.79 Å². The molecular formula is C17H34N2O. The first-order chi connectivity index (χ1) is 9.09. The van der Waals surface area contributed by atoms with Crippen LogP contribution in [-0.2, 0) is 4.79 Å². The van der Waals surface area contributed by atoms with Gasteiger partial charge in [0, 0.05) is 24.5 Å². The van der Waals surface area contributed by atoms with Crippen LogP contribution < -0.4 is 10.6 Å². The molecule has 0 radical (unpaired) electrons. The van der Waals surface area contributed by atoms with E-state index in [2.05, 4.69) is 52.2 Å². The van der Waals surface area contributed by atoms with Gasteiger partial charge >= 0.3 is 0 Å². The number of carbonyl (C=O) groups is 1. The van der Waals surface area contributed by atoms with E-state index in [0.717, 1.165) is 13.0 Å². The summed E-state index contributed by atoms with van der Waals surface area (Å²) in [5.74, 6) is 0.804. The lowest BCUT2D eigenvalue weighted by atomic mass is 9.69. The van der Waals surface area contributed by atoms with Crippen LogP contribution >= 0.6 is 0 Å². The largest absolute Gasteiger partial charge is 0.353 e. The highest BCUT2D eigenvalue weighted by Gasteiger charge is 2.34. The van der Waals surface area contributed by atoms with Gasteiger partial charge in [0.2, 0.25) is 5.91 Å². The highest BCUT2D eigenvalue weighted by Crippen LogP contribution is 2.37. The highest BCUT2D eigenvalue weighted by molar-refractivity contribution is 5.76. The molecule has 2 unspecified atom stereocenters. The first-order valence-electron chi connectivity index (χ1n) is 8.14. The molecule has 0 heterocycles. The summed E-state index contributed by atoms with van der Waals surface area (Å²) in [7, 11) is 0. The summed E-state index contributed by atoms with van der Waals surface area (Å²) in [6, 6.07) is 0.367. The summed E-state index contributed by atoms with van der Waals surface area (Å²) in [5.41, 5.74) is 0.362. The molecule has 0 aromatic carbocycles. The maximum atomic E-state index is 12.1. The summed E-state index contributed by atoms with van der Waals surface area (Å²) >= 11 is 0. The van der Waals surface area contributed by atoms with Crippen molar-refractivity contribution in [3.05, 3.63) is 0 Å². The van der Waals surface area contributed by atoms with Crippen LogP contribution in [-0.4, -0.2) is 24.0 Å². The molecule has 1 fully saturated rings. The van der Waals surface area contributed by atoms with Gasteiger partial charge in [0.15, 0.2) is 0 Å². The van der Waals surface area contributed by atoms with Gasteiger partial charge in [-0.05, 0) is 44.9 Å². The highest BCUT2D eigenvalue weighted by atomic mass is 16.1. The Kier molecular flexibility index (Phi) is 6.06. The lowest BCUT2D eigenvalue weighted by Gasteiger charge is -2.40. The Balaban J connectivity index is 2.43. The SMILES string of the molecule is CC(C)(C)NCCC(=O)NC1CCCCC1C(C)(C)C. The molecule has 1 aliphatic rings. The molecule has 118 valence electrons. The number of rotatable bonds is 4. The predicted octanol–water partition coefficient (Wildman–Crippen LogP) is 3.49. The maximum Gasteiger partial charge on any atom is 0.221 e. The number of carbonyl (C=O) groups excluding carboxylic acids is 1. The van der Waals surface area contributed by atoms with Crippen molar-refractivity contribution in [1.82, 2.24) is 10.6 Å². The monoisotopic (exact) mass is 282 g/mol. The van der Waals surface area contributed by atoms with Gasteiger partial charge in [0.25, 0.3) is 0 Å². The van der Waals surface area contributed by atoms with Crippen LogP contribution in [0.25, 0.3) is 0 Å². The molecule has 0 aromatic rings. The molecule has 3 heteroatoms. The van der Waals surface area contributed by atoms with Crippen LogP contribution in [0.15, 0.2) is 0 Å². The molecular weight excluding hydrogens is 248 g/mol. The molecule has 2 N–H and O–H groups in total. The van der Waals surface area contributed by atoms with E-state index < -0.39 is 0 Å². The fourth-order valence-corrected chi connectivity index (χ4v) is 3.17. The first kappa shape index (κ1) is 17.5. The molecule has 0 saturated heterocycles. The van der Waals surface area contributed by atoms with Crippen molar-refractivity contribution in [3.63, 3.8) is 0 Å². The summed E-state index contributed by atoms with van der Waals surface area (Å²) < 4.78 is 0. The molecule has 1 amide bonds. The van der Waals surface area contributed by atoms with Gasteiger partial charge < -0.3 is 10.6 Å². The van der Waals surface area contributed by atoms with Crippen molar-refractivity contribution in [2.45, 2.75) is 85.2 Å². The lowest BCUT2D eigenvalue weighted by Crippen LogP contribution is -2.47. The maximum absolute atomic E-state index is 12.1. The van der Waals surface area contributed by atoms with E-state index in [4.69, 9.17) is 0 Å². The van der Waals surface area contributed by atoms with E-state index in [9.17, 15) is 4.79 Å². The molecule has 1 saturated carbocycles. The lowest BCUT2D eigenvalue weighted by molar-refractivity contribution is -0.122. The van der Waals surface area contributed by atoms with E-state index in [1.54, 1.807) is 0 Å². The Hall–Kier alpha value is -0.570. The van der Waals surface area contributed by atoms with Gasteiger partial charge in [-0.3, -0.25) is 4.79 Å². The van der Waals surface area contributed by atoms with Crippen molar-refractivity contribution in [3.8, 4) is 0 Å². The molecule has 0 aliphatic heterocycles. The fourth-order valence-electron chi connectivity index (χ4n) is 3.17. The zero-order chi connectivity index (χ0) is 15.4. The molecule has 0 spiro atoms. The zero-order valence-electron chi connectivity index (χ0n) is 14.3. The van der Waals surface area contributed by atoms with Crippen LogP contribution in [0, 0.1) is 11.3 Å². The molecule has 2 atom stereocenters. The van der Waals surface area contributed by atoms with Crippen LogP contribution in [0.4, 0.5) is 0 Å². The second kappa shape index (κ2) is 6.93. The topological polar surface area (TPSA) is 41.1 Å². The van der Waals surface area contributed by atoms with Gasteiger partial charge in [0.05, 0.1) is 0 Å². The number of nitrogens with one attached hydrogen (secondary N) is 2. The third kappa shape index (κ3) is 6.25. The van der Waals surface area contributed by atoms with Crippen molar-refractivity contribution >= 4 is 5.91 Å². The predicted molar refractivity (Wildman–Crippen MR) is 85.7 cm³/mol. The van der Waals surface area contributed by atoms with Gasteiger partial charge in [-0.25, -0.2) is 0 Å². The number of amides is 1. The minimum absolute atomic E-state index is 0.0824. The van der Waals surface area contributed by atoms with Crippen LogP contribution in [0.2, 0.25) is 0 Å². The molecule has 3 nitrogen and oxygen atoms in total.